The van der Waals surface area contributed by atoms with Crippen LogP contribution in [0.15, 0.2) is 12.1 Å². The number of nitrogens with one attached hydrogen (secondary N) is 1. The van der Waals surface area contributed by atoms with Gasteiger partial charge in [0.2, 0.25) is 0 Å². The molecule has 1 aromatic heterocycles. The normalized spacial score (nSPS) is 16.2. The van der Waals surface area contributed by atoms with Crippen LogP contribution in [0.3, 0.4) is 0 Å². The first-order valence-corrected chi connectivity index (χ1v) is 7.46. The molecule has 6 heteroatoms. The summed E-state index contributed by atoms with van der Waals surface area (Å²) in [6.45, 7) is 1.62. The van der Waals surface area contributed by atoms with Gasteiger partial charge in [0.1, 0.15) is 11.0 Å². The van der Waals surface area contributed by atoms with Crippen LogP contribution in [0.2, 0.25) is 5.15 Å². The molecule has 0 spiro atoms. The Labute approximate surface area is 116 Å². The Kier molecular flexibility index (Phi) is 4.72. The molecule has 0 radical (unpaired) electrons. The number of hydrogen-bond donors (Lipinski definition) is 1. The van der Waals surface area contributed by atoms with E-state index >= 15 is 0 Å². The lowest BCUT2D eigenvalue weighted by Gasteiger charge is -2.20. The van der Waals surface area contributed by atoms with Gasteiger partial charge >= 0.3 is 0 Å². The van der Waals surface area contributed by atoms with Gasteiger partial charge in [0, 0.05) is 31.5 Å². The van der Waals surface area contributed by atoms with E-state index in [0.29, 0.717) is 16.5 Å². The number of halogens is 1. The topological polar surface area (TPSA) is 45.2 Å². The Hall–Kier alpha value is -0.940. The standard InChI is InChI=1S/C12H16ClN3OS/c1-14-11-8-9(7-10(13)15-11)12(17)16-3-2-5-18-6-4-16/h7-8H,2-6H2,1H3,(H,14,15). The number of thioether (sulfide) groups is 1. The lowest BCUT2D eigenvalue weighted by atomic mass is 10.2. The molecule has 1 aliphatic rings. The highest BCUT2D eigenvalue weighted by molar-refractivity contribution is 7.99. The van der Waals surface area contributed by atoms with E-state index in [9.17, 15) is 4.79 Å². The zero-order valence-electron chi connectivity index (χ0n) is 10.3. The Bertz CT molecular complexity index is 433. The molecule has 1 aliphatic heterocycles. The molecule has 1 N–H and O–H groups in total. The summed E-state index contributed by atoms with van der Waals surface area (Å²) >= 11 is 7.82. The van der Waals surface area contributed by atoms with E-state index in [1.54, 1.807) is 19.2 Å². The van der Waals surface area contributed by atoms with Gasteiger partial charge in [0.05, 0.1) is 0 Å². The van der Waals surface area contributed by atoms with Gasteiger partial charge in [0.15, 0.2) is 0 Å². The molecule has 18 heavy (non-hydrogen) atoms. The maximum absolute atomic E-state index is 12.4. The van der Waals surface area contributed by atoms with Gasteiger partial charge in [-0.2, -0.15) is 11.8 Å². The fourth-order valence-electron chi connectivity index (χ4n) is 1.88. The molecule has 1 aromatic rings. The third-order valence-corrected chi connectivity index (χ3v) is 4.05. The van der Waals surface area contributed by atoms with E-state index in [1.165, 1.54) is 0 Å². The van der Waals surface area contributed by atoms with Crippen LogP contribution in [0.1, 0.15) is 16.8 Å². The van der Waals surface area contributed by atoms with Crippen LogP contribution >= 0.6 is 23.4 Å². The van der Waals surface area contributed by atoms with Crippen LogP contribution in [-0.4, -0.2) is 47.4 Å². The van der Waals surface area contributed by atoms with E-state index in [4.69, 9.17) is 11.6 Å². The molecule has 0 aromatic carbocycles. The maximum Gasteiger partial charge on any atom is 0.254 e. The van der Waals surface area contributed by atoms with Crippen molar-refractivity contribution in [2.24, 2.45) is 0 Å². The highest BCUT2D eigenvalue weighted by Crippen LogP contribution is 2.18. The van der Waals surface area contributed by atoms with Crippen LogP contribution in [0.4, 0.5) is 5.82 Å². The molecule has 0 unspecified atom stereocenters. The number of rotatable bonds is 2. The van der Waals surface area contributed by atoms with Gasteiger partial charge in [-0.05, 0) is 24.3 Å². The van der Waals surface area contributed by atoms with Crippen molar-refractivity contribution in [3.63, 3.8) is 0 Å². The van der Waals surface area contributed by atoms with Crippen LogP contribution in [0.25, 0.3) is 0 Å². The SMILES string of the molecule is CNc1cc(C(=O)N2CCCSCC2)cc(Cl)n1. The fourth-order valence-corrected chi connectivity index (χ4v) is 2.98. The minimum Gasteiger partial charge on any atom is -0.373 e. The predicted octanol–water partition coefficient (Wildman–Crippen LogP) is 2.36. The summed E-state index contributed by atoms with van der Waals surface area (Å²) in [6.07, 6.45) is 1.05. The molecule has 0 aliphatic carbocycles. The van der Waals surface area contributed by atoms with Gasteiger partial charge in [0.25, 0.3) is 5.91 Å². The van der Waals surface area contributed by atoms with Crippen molar-refractivity contribution in [1.29, 1.82) is 0 Å². The smallest absolute Gasteiger partial charge is 0.254 e. The lowest BCUT2D eigenvalue weighted by Crippen LogP contribution is -2.33. The minimum absolute atomic E-state index is 0.0401. The van der Waals surface area contributed by atoms with Crippen molar-refractivity contribution in [2.45, 2.75) is 6.42 Å². The van der Waals surface area contributed by atoms with Gasteiger partial charge in [-0.1, -0.05) is 11.6 Å². The van der Waals surface area contributed by atoms with Crippen molar-refractivity contribution in [3.8, 4) is 0 Å². The summed E-state index contributed by atoms with van der Waals surface area (Å²) in [4.78, 5) is 18.3. The van der Waals surface area contributed by atoms with E-state index < -0.39 is 0 Å². The molecule has 98 valence electrons. The number of carbonyl (C=O) groups is 1. The molecule has 4 nitrogen and oxygen atoms in total. The van der Waals surface area contributed by atoms with Crippen molar-refractivity contribution in [1.82, 2.24) is 9.88 Å². The summed E-state index contributed by atoms with van der Waals surface area (Å²) in [5, 5.41) is 3.25. The quantitative estimate of drug-likeness (QED) is 0.848. The van der Waals surface area contributed by atoms with Crippen molar-refractivity contribution >= 4 is 35.1 Å². The van der Waals surface area contributed by atoms with E-state index in [2.05, 4.69) is 10.3 Å². The lowest BCUT2D eigenvalue weighted by molar-refractivity contribution is 0.0768. The second-order valence-electron chi connectivity index (χ2n) is 4.07. The molecule has 1 saturated heterocycles. The van der Waals surface area contributed by atoms with E-state index in [0.717, 1.165) is 31.0 Å². The number of anilines is 1. The van der Waals surface area contributed by atoms with E-state index in [-0.39, 0.29) is 5.91 Å². The average Bonchev–Trinajstić information content (AvgIpc) is 2.65. The van der Waals surface area contributed by atoms with Crippen LogP contribution < -0.4 is 5.32 Å². The average molecular weight is 286 g/mol. The molecule has 1 amide bonds. The van der Waals surface area contributed by atoms with Crippen molar-refractivity contribution in [3.05, 3.63) is 22.8 Å². The molecule has 2 heterocycles. The number of amides is 1. The number of carbonyl (C=O) groups excluding carboxylic acids is 1. The monoisotopic (exact) mass is 285 g/mol. The van der Waals surface area contributed by atoms with Gasteiger partial charge < -0.3 is 10.2 Å². The predicted molar refractivity (Wildman–Crippen MR) is 76.6 cm³/mol. The molecular formula is C12H16ClN3OS. The Balaban J connectivity index is 2.18. The molecule has 0 bridgehead atoms. The third-order valence-electron chi connectivity index (χ3n) is 2.81. The Morgan fingerprint density at radius 3 is 3.06 bits per heavy atom. The second kappa shape index (κ2) is 6.29. The highest BCUT2D eigenvalue weighted by Gasteiger charge is 2.18. The highest BCUT2D eigenvalue weighted by atomic mass is 35.5. The van der Waals surface area contributed by atoms with Gasteiger partial charge in [-0.25, -0.2) is 4.98 Å². The van der Waals surface area contributed by atoms with Gasteiger partial charge in [-0.15, -0.1) is 0 Å². The van der Waals surface area contributed by atoms with Crippen molar-refractivity contribution in [2.75, 3.05) is 37.0 Å². The Morgan fingerprint density at radius 1 is 1.44 bits per heavy atom. The first-order valence-electron chi connectivity index (χ1n) is 5.93. The first kappa shape index (κ1) is 13.5. The summed E-state index contributed by atoms with van der Waals surface area (Å²) in [5.74, 6) is 2.79. The van der Waals surface area contributed by atoms with Crippen molar-refractivity contribution < 1.29 is 4.79 Å². The largest absolute Gasteiger partial charge is 0.373 e. The number of hydrogen-bond acceptors (Lipinski definition) is 4. The summed E-state index contributed by atoms with van der Waals surface area (Å²) < 4.78 is 0. The Morgan fingerprint density at radius 2 is 2.28 bits per heavy atom. The summed E-state index contributed by atoms with van der Waals surface area (Å²) in [6, 6.07) is 3.37. The third kappa shape index (κ3) is 3.29. The molecule has 0 atom stereocenters. The number of aromatic nitrogens is 1. The van der Waals surface area contributed by atoms with E-state index in [1.807, 2.05) is 16.7 Å². The summed E-state index contributed by atoms with van der Waals surface area (Å²) in [5.41, 5.74) is 0.603. The molecule has 1 fully saturated rings. The second-order valence-corrected chi connectivity index (χ2v) is 5.68. The zero-order chi connectivity index (χ0) is 13.0. The van der Waals surface area contributed by atoms with Crippen LogP contribution in [0, 0.1) is 0 Å². The molecular weight excluding hydrogens is 270 g/mol. The van der Waals surface area contributed by atoms with Crippen LogP contribution in [0.5, 0.6) is 0 Å². The number of pyridine rings is 1. The fraction of sp³-hybridized carbons (Fsp3) is 0.500. The number of nitrogens with zero attached hydrogens (tertiary/aromatic N) is 2. The molecule has 2 rings (SSSR count). The van der Waals surface area contributed by atoms with Crippen LogP contribution in [-0.2, 0) is 0 Å². The zero-order valence-corrected chi connectivity index (χ0v) is 11.9. The molecule has 0 saturated carbocycles. The maximum atomic E-state index is 12.4. The first-order chi connectivity index (χ1) is 8.70. The van der Waals surface area contributed by atoms with Gasteiger partial charge in [-0.3, -0.25) is 4.79 Å². The minimum atomic E-state index is 0.0401. The summed E-state index contributed by atoms with van der Waals surface area (Å²) in [7, 11) is 1.76.